The topological polar surface area (TPSA) is 94.8 Å². The molecule has 104 valence electrons. The average Bonchev–Trinajstić information content (AvgIpc) is 2.34. The van der Waals surface area contributed by atoms with Crippen LogP contribution in [0, 0.1) is 6.92 Å². The van der Waals surface area contributed by atoms with Crippen LogP contribution in [0.4, 0.5) is 0 Å². The van der Waals surface area contributed by atoms with E-state index in [0.717, 1.165) is 11.8 Å². The van der Waals surface area contributed by atoms with Gasteiger partial charge in [0.05, 0.1) is 11.7 Å². The summed E-state index contributed by atoms with van der Waals surface area (Å²) in [6, 6.07) is 4.29. The number of carbonyl (C=O) groups excluding carboxylic acids is 1. The van der Waals surface area contributed by atoms with Crippen LogP contribution < -0.4 is 0 Å². The molecule has 1 rings (SSSR count). The first kappa shape index (κ1) is 15.7. The lowest BCUT2D eigenvalue weighted by atomic mass is 9.98. The number of hydrogen-bond donors (Lipinski definition) is 3. The molecule has 1 aromatic carbocycles. The van der Waals surface area contributed by atoms with Gasteiger partial charge in [0.1, 0.15) is 6.10 Å². The van der Waals surface area contributed by atoms with Gasteiger partial charge in [-0.25, -0.2) is 4.79 Å². The van der Waals surface area contributed by atoms with Crippen molar-refractivity contribution in [3.05, 3.63) is 34.9 Å². The molecule has 0 aliphatic rings. The van der Waals surface area contributed by atoms with Gasteiger partial charge in [-0.1, -0.05) is 17.8 Å². The van der Waals surface area contributed by atoms with Crippen molar-refractivity contribution in [2.75, 3.05) is 5.75 Å². The number of rotatable bonds is 5. The summed E-state index contributed by atoms with van der Waals surface area (Å²) in [6.45, 7) is 3.05. The van der Waals surface area contributed by atoms with Gasteiger partial charge in [0.2, 0.25) is 0 Å². The molecule has 0 aliphatic carbocycles. The number of carbonyl (C=O) groups is 2. The molecule has 0 saturated carbocycles. The Labute approximate surface area is 115 Å². The standard InChI is InChI=1S/C13H16O5S/c1-7-5-9(13(17)18)3-4-10(7)12(16)11(15)6-19-8(2)14/h3-5,11-12,15-16H,6H2,1-2H3,(H,17,18). The Bertz CT molecular complexity index is 486. The number of aliphatic hydroxyl groups is 2. The van der Waals surface area contributed by atoms with E-state index in [4.69, 9.17) is 5.11 Å². The average molecular weight is 284 g/mol. The number of carboxylic acid groups (broad SMARTS) is 1. The van der Waals surface area contributed by atoms with Crippen LogP contribution in [0.2, 0.25) is 0 Å². The monoisotopic (exact) mass is 284 g/mol. The number of aliphatic hydroxyl groups excluding tert-OH is 2. The van der Waals surface area contributed by atoms with E-state index in [1.165, 1.54) is 25.1 Å². The molecule has 3 N–H and O–H groups in total. The minimum atomic E-state index is -1.14. The summed E-state index contributed by atoms with van der Waals surface area (Å²) in [5.41, 5.74) is 1.17. The smallest absolute Gasteiger partial charge is 0.335 e. The van der Waals surface area contributed by atoms with E-state index in [0.29, 0.717) is 11.1 Å². The summed E-state index contributed by atoms with van der Waals surface area (Å²) in [5, 5.41) is 28.5. The van der Waals surface area contributed by atoms with Crippen molar-refractivity contribution in [2.24, 2.45) is 0 Å². The zero-order valence-corrected chi connectivity index (χ0v) is 11.5. The summed E-state index contributed by atoms with van der Waals surface area (Å²) < 4.78 is 0. The first-order chi connectivity index (χ1) is 8.82. The van der Waals surface area contributed by atoms with Crippen LogP contribution >= 0.6 is 11.8 Å². The third kappa shape index (κ3) is 4.34. The molecule has 0 spiro atoms. The van der Waals surface area contributed by atoms with Crippen LogP contribution in [0.3, 0.4) is 0 Å². The largest absolute Gasteiger partial charge is 0.478 e. The summed E-state index contributed by atoms with van der Waals surface area (Å²) in [6.07, 6.45) is -2.22. The van der Waals surface area contributed by atoms with Crippen molar-refractivity contribution >= 4 is 22.8 Å². The molecule has 0 aliphatic heterocycles. The zero-order valence-electron chi connectivity index (χ0n) is 10.7. The SMILES string of the molecule is CC(=O)SCC(O)C(O)c1ccc(C(=O)O)cc1C. The van der Waals surface area contributed by atoms with Gasteiger partial charge in [0.25, 0.3) is 0 Å². The van der Waals surface area contributed by atoms with Crippen molar-refractivity contribution in [2.45, 2.75) is 26.1 Å². The van der Waals surface area contributed by atoms with Crippen LogP contribution in [0.15, 0.2) is 18.2 Å². The van der Waals surface area contributed by atoms with E-state index in [1.54, 1.807) is 6.92 Å². The quantitative estimate of drug-likeness (QED) is 0.756. The van der Waals surface area contributed by atoms with Gasteiger partial charge in [-0.3, -0.25) is 4.79 Å². The Balaban J connectivity index is 2.84. The summed E-state index contributed by atoms with van der Waals surface area (Å²) in [4.78, 5) is 21.6. The first-order valence-electron chi connectivity index (χ1n) is 5.66. The number of aromatic carboxylic acids is 1. The molecule has 5 nitrogen and oxygen atoms in total. The van der Waals surface area contributed by atoms with Crippen LogP contribution in [0.5, 0.6) is 0 Å². The highest BCUT2D eigenvalue weighted by molar-refractivity contribution is 8.13. The Hall–Kier alpha value is -1.37. The molecule has 6 heteroatoms. The third-order valence-electron chi connectivity index (χ3n) is 2.66. The van der Waals surface area contributed by atoms with E-state index < -0.39 is 18.2 Å². The van der Waals surface area contributed by atoms with Crippen LogP contribution in [-0.2, 0) is 4.79 Å². The van der Waals surface area contributed by atoms with Crippen molar-refractivity contribution in [3.63, 3.8) is 0 Å². The fourth-order valence-corrected chi connectivity index (χ4v) is 2.23. The number of aryl methyl sites for hydroxylation is 1. The van der Waals surface area contributed by atoms with Crippen molar-refractivity contribution < 1.29 is 24.9 Å². The van der Waals surface area contributed by atoms with Gasteiger partial charge >= 0.3 is 5.97 Å². The molecular weight excluding hydrogens is 268 g/mol. The molecule has 2 atom stereocenters. The Morgan fingerprint density at radius 3 is 2.42 bits per heavy atom. The lowest BCUT2D eigenvalue weighted by Crippen LogP contribution is -2.22. The fraction of sp³-hybridized carbons (Fsp3) is 0.385. The van der Waals surface area contributed by atoms with Crippen molar-refractivity contribution in [1.82, 2.24) is 0 Å². The predicted octanol–water partition coefficient (Wildman–Crippen LogP) is 1.37. The second kappa shape index (κ2) is 6.70. The zero-order chi connectivity index (χ0) is 14.6. The molecule has 0 fully saturated rings. The first-order valence-corrected chi connectivity index (χ1v) is 6.64. The molecule has 0 amide bonds. The highest BCUT2D eigenvalue weighted by atomic mass is 32.2. The maximum Gasteiger partial charge on any atom is 0.335 e. The highest BCUT2D eigenvalue weighted by Crippen LogP contribution is 2.24. The van der Waals surface area contributed by atoms with Crippen molar-refractivity contribution in [1.29, 1.82) is 0 Å². The van der Waals surface area contributed by atoms with Crippen LogP contribution in [0.25, 0.3) is 0 Å². The van der Waals surface area contributed by atoms with E-state index in [9.17, 15) is 19.8 Å². The number of carboxylic acids is 1. The summed E-state index contributed by atoms with van der Waals surface area (Å²) in [5.74, 6) is -0.951. The molecule has 0 aromatic heterocycles. The van der Waals surface area contributed by atoms with E-state index in [-0.39, 0.29) is 16.4 Å². The van der Waals surface area contributed by atoms with Gasteiger partial charge in [0.15, 0.2) is 5.12 Å². The number of benzene rings is 1. The normalized spacial score (nSPS) is 13.9. The number of hydrogen-bond acceptors (Lipinski definition) is 5. The predicted molar refractivity (Wildman–Crippen MR) is 72.2 cm³/mol. The van der Waals surface area contributed by atoms with Gasteiger partial charge in [-0.2, -0.15) is 0 Å². The van der Waals surface area contributed by atoms with Gasteiger partial charge < -0.3 is 15.3 Å². The van der Waals surface area contributed by atoms with Crippen LogP contribution in [0.1, 0.15) is 34.5 Å². The molecule has 0 radical (unpaired) electrons. The molecule has 0 saturated heterocycles. The summed E-state index contributed by atoms with van der Waals surface area (Å²) >= 11 is 0.933. The van der Waals surface area contributed by atoms with E-state index in [2.05, 4.69) is 0 Å². The molecule has 1 aromatic rings. The highest BCUT2D eigenvalue weighted by Gasteiger charge is 2.21. The fourth-order valence-electron chi connectivity index (χ4n) is 1.64. The lowest BCUT2D eigenvalue weighted by Gasteiger charge is -2.19. The van der Waals surface area contributed by atoms with E-state index in [1.807, 2.05) is 0 Å². The maximum atomic E-state index is 10.8. The van der Waals surface area contributed by atoms with Crippen molar-refractivity contribution in [3.8, 4) is 0 Å². The van der Waals surface area contributed by atoms with Gasteiger partial charge in [-0.15, -0.1) is 0 Å². The lowest BCUT2D eigenvalue weighted by molar-refractivity contribution is -0.109. The minimum Gasteiger partial charge on any atom is -0.478 e. The van der Waals surface area contributed by atoms with Gasteiger partial charge in [-0.05, 0) is 30.2 Å². The van der Waals surface area contributed by atoms with Crippen LogP contribution in [-0.4, -0.2) is 38.3 Å². The Morgan fingerprint density at radius 2 is 1.95 bits per heavy atom. The Morgan fingerprint density at radius 1 is 1.32 bits per heavy atom. The van der Waals surface area contributed by atoms with E-state index >= 15 is 0 Å². The third-order valence-corrected chi connectivity index (χ3v) is 3.57. The molecular formula is C13H16O5S. The molecule has 19 heavy (non-hydrogen) atoms. The second-order valence-electron chi connectivity index (χ2n) is 4.19. The molecule has 2 unspecified atom stereocenters. The minimum absolute atomic E-state index is 0.0939. The van der Waals surface area contributed by atoms with Gasteiger partial charge in [0, 0.05) is 12.7 Å². The molecule has 0 bridgehead atoms. The maximum absolute atomic E-state index is 10.8. The Kier molecular flexibility index (Phi) is 5.53. The second-order valence-corrected chi connectivity index (χ2v) is 5.39. The molecule has 0 heterocycles. The number of thioether (sulfide) groups is 1. The summed E-state index contributed by atoms with van der Waals surface area (Å²) in [7, 11) is 0.